The molecule has 0 radical (unpaired) electrons. The first kappa shape index (κ1) is 16.2. The van der Waals surface area contributed by atoms with E-state index >= 15 is 0 Å². The quantitative estimate of drug-likeness (QED) is 0.781. The maximum atomic E-state index is 11.7. The van der Waals surface area contributed by atoms with Gasteiger partial charge in [0.2, 0.25) is 0 Å². The zero-order valence-electron chi connectivity index (χ0n) is 12.3. The second kappa shape index (κ2) is 7.05. The summed E-state index contributed by atoms with van der Waals surface area (Å²) in [4.78, 5) is 0. The van der Waals surface area contributed by atoms with Gasteiger partial charge >= 0.3 is 0 Å². The van der Waals surface area contributed by atoms with Gasteiger partial charge in [0.1, 0.15) is 0 Å². The number of nitrogens with zero attached hydrogens (tertiary/aromatic N) is 2. The van der Waals surface area contributed by atoms with Gasteiger partial charge in [0.15, 0.2) is 9.84 Å². The van der Waals surface area contributed by atoms with Gasteiger partial charge in [-0.2, -0.15) is 5.10 Å². The van der Waals surface area contributed by atoms with Crippen molar-refractivity contribution < 1.29 is 8.42 Å². The summed E-state index contributed by atoms with van der Waals surface area (Å²) in [5.41, 5.74) is 1.07. The van der Waals surface area contributed by atoms with Gasteiger partial charge in [-0.1, -0.05) is 6.92 Å². The molecule has 110 valence electrons. The molecule has 1 aromatic rings. The van der Waals surface area contributed by atoms with E-state index in [1.165, 1.54) is 6.26 Å². The van der Waals surface area contributed by atoms with Gasteiger partial charge in [0.25, 0.3) is 0 Å². The molecule has 1 heterocycles. The molecule has 1 aromatic heterocycles. The average Bonchev–Trinajstić information content (AvgIpc) is 2.80. The predicted molar refractivity (Wildman–Crippen MR) is 78.0 cm³/mol. The van der Waals surface area contributed by atoms with Gasteiger partial charge in [-0.3, -0.25) is 4.68 Å². The van der Waals surface area contributed by atoms with E-state index in [1.54, 1.807) is 6.92 Å². The third kappa shape index (κ3) is 4.95. The van der Waals surface area contributed by atoms with Crippen LogP contribution < -0.4 is 5.32 Å². The molecule has 5 nitrogen and oxygen atoms in total. The summed E-state index contributed by atoms with van der Waals surface area (Å²) >= 11 is 0. The van der Waals surface area contributed by atoms with E-state index in [4.69, 9.17) is 0 Å². The Hall–Kier alpha value is -0.880. The third-order valence-corrected chi connectivity index (χ3v) is 5.04. The van der Waals surface area contributed by atoms with Crippen LogP contribution in [0.25, 0.3) is 0 Å². The molecule has 0 aliphatic heterocycles. The molecule has 0 spiro atoms. The number of sulfone groups is 1. The van der Waals surface area contributed by atoms with Crippen LogP contribution in [0.1, 0.15) is 32.8 Å². The van der Waals surface area contributed by atoms with E-state index < -0.39 is 15.1 Å². The number of hydrogen-bond donors (Lipinski definition) is 1. The monoisotopic (exact) mass is 287 g/mol. The zero-order chi connectivity index (χ0) is 14.5. The molecule has 0 saturated carbocycles. The Labute approximate surface area is 116 Å². The fourth-order valence-electron chi connectivity index (χ4n) is 1.97. The highest BCUT2D eigenvalue weighted by Crippen LogP contribution is 2.11. The van der Waals surface area contributed by atoms with E-state index in [0.717, 1.165) is 25.1 Å². The van der Waals surface area contributed by atoms with Gasteiger partial charge < -0.3 is 5.32 Å². The van der Waals surface area contributed by atoms with Crippen molar-refractivity contribution in [3.05, 3.63) is 18.0 Å². The van der Waals surface area contributed by atoms with Crippen molar-refractivity contribution in [2.75, 3.05) is 12.8 Å². The Kier molecular flexibility index (Phi) is 6.00. The maximum Gasteiger partial charge on any atom is 0.151 e. The number of aromatic nitrogens is 2. The lowest BCUT2D eigenvalue weighted by molar-refractivity contribution is 0.482. The van der Waals surface area contributed by atoms with Crippen LogP contribution in [-0.2, 0) is 22.8 Å². The zero-order valence-corrected chi connectivity index (χ0v) is 13.1. The molecular formula is C13H25N3O2S. The van der Waals surface area contributed by atoms with Crippen LogP contribution >= 0.6 is 0 Å². The fourth-order valence-corrected chi connectivity index (χ4v) is 2.76. The molecule has 19 heavy (non-hydrogen) atoms. The number of hydrogen-bond acceptors (Lipinski definition) is 4. The Bertz CT molecular complexity index is 482. The summed E-state index contributed by atoms with van der Waals surface area (Å²) in [5.74, 6) is 0. The summed E-state index contributed by atoms with van der Waals surface area (Å²) in [6.45, 7) is 7.53. The van der Waals surface area contributed by atoms with Gasteiger partial charge in [-0.25, -0.2) is 8.42 Å². The average molecular weight is 287 g/mol. The minimum Gasteiger partial charge on any atom is -0.312 e. The van der Waals surface area contributed by atoms with Crippen LogP contribution in [0.3, 0.4) is 0 Å². The van der Waals surface area contributed by atoms with E-state index in [1.807, 2.05) is 24.0 Å². The van der Waals surface area contributed by atoms with E-state index in [9.17, 15) is 8.42 Å². The molecule has 6 heteroatoms. The summed E-state index contributed by atoms with van der Waals surface area (Å²) in [6.07, 6.45) is 6.78. The molecule has 0 amide bonds. The molecule has 1 N–H and O–H groups in total. The van der Waals surface area contributed by atoms with Crippen LogP contribution in [0.2, 0.25) is 0 Å². The molecule has 0 aromatic carbocycles. The van der Waals surface area contributed by atoms with Crippen LogP contribution in [0.5, 0.6) is 0 Å². The fraction of sp³-hybridized carbons (Fsp3) is 0.769. The number of nitrogens with one attached hydrogen (secondary N) is 1. The molecule has 0 saturated heterocycles. The third-order valence-electron chi connectivity index (χ3n) is 3.36. The Morgan fingerprint density at radius 3 is 2.58 bits per heavy atom. The summed E-state index contributed by atoms with van der Waals surface area (Å²) in [5, 5.41) is 7.17. The molecule has 0 fully saturated rings. The summed E-state index contributed by atoms with van der Waals surface area (Å²) in [6, 6.07) is -0.0653. The van der Waals surface area contributed by atoms with Gasteiger partial charge in [0.05, 0.1) is 11.4 Å². The van der Waals surface area contributed by atoms with Crippen LogP contribution in [0.4, 0.5) is 0 Å². The number of aryl methyl sites for hydroxylation is 1. The van der Waals surface area contributed by atoms with Crippen molar-refractivity contribution in [1.29, 1.82) is 0 Å². The first-order valence-electron chi connectivity index (χ1n) is 6.82. The van der Waals surface area contributed by atoms with Crippen LogP contribution in [0, 0.1) is 0 Å². The minimum atomic E-state index is -3.04. The molecule has 0 aliphatic rings. The topological polar surface area (TPSA) is 64.0 Å². The predicted octanol–water partition coefficient (Wildman–Crippen LogP) is 1.25. The van der Waals surface area contributed by atoms with Crippen LogP contribution in [-0.4, -0.2) is 42.3 Å². The van der Waals surface area contributed by atoms with Gasteiger partial charge in [0, 0.05) is 25.0 Å². The second-order valence-corrected chi connectivity index (χ2v) is 7.41. The highest BCUT2D eigenvalue weighted by Gasteiger charge is 2.25. The molecular weight excluding hydrogens is 262 g/mol. The number of rotatable bonds is 8. The first-order chi connectivity index (χ1) is 8.88. The van der Waals surface area contributed by atoms with Gasteiger partial charge in [-0.15, -0.1) is 0 Å². The lowest BCUT2D eigenvalue weighted by Crippen LogP contribution is -2.44. The molecule has 0 aliphatic carbocycles. The van der Waals surface area contributed by atoms with E-state index in [0.29, 0.717) is 6.42 Å². The molecule has 2 atom stereocenters. The van der Waals surface area contributed by atoms with Crippen molar-refractivity contribution in [1.82, 2.24) is 15.1 Å². The Morgan fingerprint density at radius 2 is 2.11 bits per heavy atom. The normalized spacial score (nSPS) is 15.4. The van der Waals surface area contributed by atoms with Crippen molar-refractivity contribution in [2.24, 2.45) is 0 Å². The van der Waals surface area contributed by atoms with Crippen molar-refractivity contribution in [2.45, 2.75) is 51.4 Å². The summed E-state index contributed by atoms with van der Waals surface area (Å²) in [7, 11) is -3.04. The lowest BCUT2D eigenvalue weighted by Gasteiger charge is -2.23. The highest BCUT2D eigenvalue weighted by molar-refractivity contribution is 7.91. The van der Waals surface area contributed by atoms with Crippen molar-refractivity contribution in [3.63, 3.8) is 0 Å². The Balaban J connectivity index is 2.79. The minimum absolute atomic E-state index is 0.0653. The largest absolute Gasteiger partial charge is 0.312 e. The van der Waals surface area contributed by atoms with Crippen LogP contribution in [0.15, 0.2) is 12.4 Å². The smallest absolute Gasteiger partial charge is 0.151 e. The lowest BCUT2D eigenvalue weighted by atomic mass is 10.1. The van der Waals surface area contributed by atoms with E-state index in [2.05, 4.69) is 17.3 Å². The van der Waals surface area contributed by atoms with Gasteiger partial charge in [-0.05, 0) is 38.8 Å². The molecule has 1 rings (SSSR count). The second-order valence-electron chi connectivity index (χ2n) is 5.00. The summed E-state index contributed by atoms with van der Waals surface area (Å²) < 4.78 is 25.3. The first-order valence-corrected chi connectivity index (χ1v) is 8.77. The Morgan fingerprint density at radius 1 is 1.42 bits per heavy atom. The van der Waals surface area contributed by atoms with E-state index in [-0.39, 0.29) is 6.04 Å². The maximum absolute atomic E-state index is 11.7. The SMILES string of the molecule is CCCNC(Cc1cnn(CC)c1)C(C)S(C)(=O)=O. The van der Waals surface area contributed by atoms with Crippen molar-refractivity contribution >= 4 is 9.84 Å². The standard InChI is InChI=1S/C13H25N3O2S/c1-5-7-14-13(11(3)19(4,17)18)8-12-9-15-16(6-2)10-12/h9-11,13-14H,5-8H2,1-4H3. The molecule has 0 bridgehead atoms. The highest BCUT2D eigenvalue weighted by atomic mass is 32.2. The van der Waals surface area contributed by atoms with Crippen molar-refractivity contribution in [3.8, 4) is 0 Å². The molecule has 2 unspecified atom stereocenters.